The summed E-state index contributed by atoms with van der Waals surface area (Å²) in [5.74, 6) is 1.39. The van der Waals surface area contributed by atoms with Crippen molar-refractivity contribution in [3.05, 3.63) is 71.3 Å². The number of nitrogens with one attached hydrogen (secondary N) is 2. The Kier molecular flexibility index (Phi) is 6.70. The highest BCUT2D eigenvalue weighted by Gasteiger charge is 2.25. The van der Waals surface area contributed by atoms with E-state index in [1.54, 1.807) is 7.05 Å². The van der Waals surface area contributed by atoms with Crippen LogP contribution in [0.1, 0.15) is 29.0 Å². The zero-order valence-corrected chi connectivity index (χ0v) is 17.2. The average molecular weight is 401 g/mol. The van der Waals surface area contributed by atoms with Gasteiger partial charge in [-0.25, -0.2) is 13.1 Å². The lowest BCUT2D eigenvalue weighted by Gasteiger charge is -2.22. The van der Waals surface area contributed by atoms with Crippen LogP contribution in [0, 0.1) is 0 Å². The molecule has 1 aliphatic heterocycles. The summed E-state index contributed by atoms with van der Waals surface area (Å²) in [5.41, 5.74) is 3.18. The Morgan fingerprint density at radius 3 is 2.61 bits per heavy atom. The molecule has 28 heavy (non-hydrogen) atoms. The van der Waals surface area contributed by atoms with Crippen molar-refractivity contribution < 1.29 is 8.42 Å². The third-order valence-corrected chi connectivity index (χ3v) is 6.42. The fraction of sp³-hybridized carbons (Fsp3) is 0.381. The molecule has 1 aliphatic rings. The first-order valence-electron chi connectivity index (χ1n) is 9.50. The number of guanidine groups is 1. The van der Waals surface area contributed by atoms with Crippen LogP contribution in [0.25, 0.3) is 0 Å². The quantitative estimate of drug-likeness (QED) is 0.576. The average Bonchev–Trinajstić information content (AvgIpc) is 3.19. The van der Waals surface area contributed by atoms with Crippen LogP contribution in [0.4, 0.5) is 0 Å². The second kappa shape index (κ2) is 9.21. The minimum Gasteiger partial charge on any atom is -0.352 e. The van der Waals surface area contributed by atoms with E-state index >= 15 is 0 Å². The molecule has 0 aliphatic carbocycles. The molecule has 6 nitrogen and oxygen atoms in total. The molecular weight excluding hydrogens is 372 g/mol. The molecule has 0 spiro atoms. The molecule has 1 heterocycles. The van der Waals surface area contributed by atoms with Crippen molar-refractivity contribution >= 4 is 16.0 Å². The number of rotatable bonds is 6. The Bertz CT molecular complexity index is 913. The summed E-state index contributed by atoms with van der Waals surface area (Å²) in [7, 11) is -0.0395. The minimum atomic E-state index is -3.27. The molecule has 0 amide bonds. The first-order valence-corrected chi connectivity index (χ1v) is 11.2. The van der Waals surface area contributed by atoms with Gasteiger partial charge in [0.25, 0.3) is 0 Å². The number of sulfonamides is 1. The van der Waals surface area contributed by atoms with E-state index in [1.165, 1.54) is 12.6 Å². The smallest absolute Gasteiger partial charge is 0.215 e. The highest BCUT2D eigenvalue weighted by atomic mass is 32.2. The maximum absolute atomic E-state index is 11.8. The number of aliphatic imine (C=N–C) groups is 1. The molecule has 1 unspecified atom stereocenters. The maximum atomic E-state index is 11.8. The Hall–Kier alpha value is -2.38. The number of benzene rings is 2. The van der Waals surface area contributed by atoms with Crippen molar-refractivity contribution in [1.82, 2.24) is 14.9 Å². The monoisotopic (exact) mass is 400 g/mol. The van der Waals surface area contributed by atoms with Gasteiger partial charge in [0.05, 0.1) is 5.75 Å². The highest BCUT2D eigenvalue weighted by molar-refractivity contribution is 7.88. The van der Waals surface area contributed by atoms with Gasteiger partial charge in [-0.3, -0.25) is 4.99 Å². The standard InChI is InChI=1S/C21H28N4O2S/c1-22-21(25-12-11-20(15-25)19-9-4-3-5-10-19)24-14-17-7-6-8-18(13-17)16-28(26,27)23-2/h3-10,13,20,23H,11-12,14-16H2,1-2H3,(H,22,24). The molecule has 2 aromatic carbocycles. The van der Waals surface area contributed by atoms with Crippen molar-refractivity contribution in [2.45, 2.75) is 24.6 Å². The summed E-state index contributed by atoms with van der Waals surface area (Å²) < 4.78 is 25.9. The van der Waals surface area contributed by atoms with Crippen LogP contribution in [0.5, 0.6) is 0 Å². The number of likely N-dealkylation sites (tertiary alicyclic amines) is 1. The van der Waals surface area contributed by atoms with E-state index in [1.807, 2.05) is 30.3 Å². The summed E-state index contributed by atoms with van der Waals surface area (Å²) in [6.07, 6.45) is 1.11. The Labute approximate surface area is 167 Å². The molecule has 2 N–H and O–H groups in total. The van der Waals surface area contributed by atoms with Gasteiger partial charge in [0.2, 0.25) is 10.0 Å². The topological polar surface area (TPSA) is 73.8 Å². The number of hydrogen-bond donors (Lipinski definition) is 2. The lowest BCUT2D eigenvalue weighted by molar-refractivity contribution is 0.486. The fourth-order valence-electron chi connectivity index (χ4n) is 3.58. The van der Waals surface area contributed by atoms with Gasteiger partial charge in [-0.1, -0.05) is 54.6 Å². The largest absolute Gasteiger partial charge is 0.352 e. The van der Waals surface area contributed by atoms with Crippen LogP contribution in [-0.4, -0.2) is 46.5 Å². The van der Waals surface area contributed by atoms with Gasteiger partial charge in [-0.15, -0.1) is 0 Å². The molecule has 2 aromatic rings. The summed E-state index contributed by atoms with van der Waals surface area (Å²) in [4.78, 5) is 6.72. The molecule has 1 saturated heterocycles. The molecule has 0 saturated carbocycles. The second-order valence-electron chi connectivity index (χ2n) is 7.03. The van der Waals surface area contributed by atoms with Crippen molar-refractivity contribution in [2.24, 2.45) is 4.99 Å². The van der Waals surface area contributed by atoms with E-state index in [9.17, 15) is 8.42 Å². The third-order valence-electron chi connectivity index (χ3n) is 5.08. The van der Waals surface area contributed by atoms with Crippen molar-refractivity contribution in [3.63, 3.8) is 0 Å². The van der Waals surface area contributed by atoms with Crippen LogP contribution in [-0.2, 0) is 22.3 Å². The molecule has 0 aromatic heterocycles. The van der Waals surface area contributed by atoms with Gasteiger partial charge in [0.1, 0.15) is 0 Å². The van der Waals surface area contributed by atoms with Gasteiger partial charge >= 0.3 is 0 Å². The van der Waals surface area contributed by atoms with E-state index in [0.29, 0.717) is 12.5 Å². The zero-order valence-electron chi connectivity index (χ0n) is 16.4. The number of nitrogens with zero attached hydrogens (tertiary/aromatic N) is 2. The minimum absolute atomic E-state index is 0.0169. The Morgan fingerprint density at radius 1 is 1.14 bits per heavy atom. The van der Waals surface area contributed by atoms with Crippen molar-refractivity contribution in [3.8, 4) is 0 Å². The summed E-state index contributed by atoms with van der Waals surface area (Å²) in [6.45, 7) is 2.52. The van der Waals surface area contributed by atoms with Crippen LogP contribution >= 0.6 is 0 Å². The molecule has 0 radical (unpaired) electrons. The van der Waals surface area contributed by atoms with Gasteiger partial charge in [0.15, 0.2) is 5.96 Å². The normalized spacial score (nSPS) is 17.7. The van der Waals surface area contributed by atoms with E-state index in [4.69, 9.17) is 0 Å². The van der Waals surface area contributed by atoms with Gasteiger partial charge in [-0.2, -0.15) is 0 Å². The van der Waals surface area contributed by atoms with E-state index in [0.717, 1.165) is 36.6 Å². The molecule has 1 atom stereocenters. The third kappa shape index (κ3) is 5.33. The van der Waals surface area contributed by atoms with Crippen LogP contribution in [0.3, 0.4) is 0 Å². The predicted octanol–water partition coefficient (Wildman–Crippen LogP) is 2.30. The molecule has 0 bridgehead atoms. The predicted molar refractivity (Wildman–Crippen MR) is 114 cm³/mol. The second-order valence-corrected chi connectivity index (χ2v) is 8.95. The molecule has 3 rings (SSSR count). The van der Waals surface area contributed by atoms with Crippen LogP contribution < -0.4 is 10.0 Å². The van der Waals surface area contributed by atoms with E-state index < -0.39 is 10.0 Å². The van der Waals surface area contributed by atoms with Crippen molar-refractivity contribution in [1.29, 1.82) is 0 Å². The molecular formula is C21H28N4O2S. The summed E-state index contributed by atoms with van der Waals surface area (Å²) in [6, 6.07) is 18.2. The molecule has 7 heteroatoms. The lowest BCUT2D eigenvalue weighted by atomic mass is 9.99. The maximum Gasteiger partial charge on any atom is 0.215 e. The van der Waals surface area contributed by atoms with Crippen LogP contribution in [0.15, 0.2) is 59.6 Å². The van der Waals surface area contributed by atoms with E-state index in [2.05, 4.69) is 44.2 Å². The fourth-order valence-corrected chi connectivity index (χ4v) is 4.35. The van der Waals surface area contributed by atoms with Gasteiger partial charge < -0.3 is 10.2 Å². The summed E-state index contributed by atoms with van der Waals surface area (Å²) >= 11 is 0. The number of hydrogen-bond acceptors (Lipinski definition) is 3. The SMILES string of the molecule is CN=C(NCc1cccc(CS(=O)(=O)NC)c1)N1CCC(c2ccccc2)C1. The molecule has 1 fully saturated rings. The van der Waals surface area contributed by atoms with Gasteiger partial charge in [-0.05, 0) is 30.2 Å². The van der Waals surface area contributed by atoms with Crippen LogP contribution in [0.2, 0.25) is 0 Å². The Morgan fingerprint density at radius 2 is 1.89 bits per heavy atom. The first kappa shape index (κ1) is 20.4. The summed E-state index contributed by atoms with van der Waals surface area (Å²) in [5, 5.41) is 3.41. The zero-order chi connectivity index (χ0) is 20.0. The Balaban J connectivity index is 1.59. The molecule has 150 valence electrons. The first-order chi connectivity index (χ1) is 13.5. The van der Waals surface area contributed by atoms with Gasteiger partial charge in [0, 0.05) is 32.6 Å². The van der Waals surface area contributed by atoms with E-state index in [-0.39, 0.29) is 5.75 Å². The lowest BCUT2D eigenvalue weighted by Crippen LogP contribution is -2.39. The van der Waals surface area contributed by atoms with Crippen molar-refractivity contribution in [2.75, 3.05) is 27.2 Å². The highest BCUT2D eigenvalue weighted by Crippen LogP contribution is 2.26.